The molecule has 2 aromatic rings. The van der Waals surface area contributed by atoms with Crippen LogP contribution in [0.2, 0.25) is 0 Å². The molecule has 0 radical (unpaired) electrons. The molecule has 3 rings (SSSR count). The molecule has 21 heavy (non-hydrogen) atoms. The highest BCUT2D eigenvalue weighted by molar-refractivity contribution is 7.92. The molecule has 0 aliphatic carbocycles. The summed E-state index contributed by atoms with van der Waals surface area (Å²) in [5.74, 6) is 0.778. The molecule has 0 atom stereocenters. The normalized spacial score (nSPS) is 13.6. The van der Waals surface area contributed by atoms with E-state index in [0.29, 0.717) is 12.3 Å². The smallest absolute Gasteiger partial charge is 0.261 e. The molecule has 1 N–H and O–H groups in total. The van der Waals surface area contributed by atoms with E-state index in [-0.39, 0.29) is 4.90 Å². The van der Waals surface area contributed by atoms with Crippen molar-refractivity contribution in [3.63, 3.8) is 0 Å². The fourth-order valence-corrected chi connectivity index (χ4v) is 3.64. The van der Waals surface area contributed by atoms with Crippen LogP contribution in [-0.4, -0.2) is 15.0 Å². The lowest BCUT2D eigenvalue weighted by molar-refractivity contribution is 0.356. The second-order valence-electron chi connectivity index (χ2n) is 5.29. The molecule has 1 aliphatic rings. The minimum atomic E-state index is -3.58. The minimum absolute atomic E-state index is 0.270. The van der Waals surface area contributed by atoms with Crippen LogP contribution in [0.1, 0.15) is 16.7 Å². The Morgan fingerprint density at radius 3 is 2.67 bits per heavy atom. The van der Waals surface area contributed by atoms with E-state index in [1.54, 1.807) is 24.3 Å². The highest BCUT2D eigenvalue weighted by atomic mass is 32.2. The van der Waals surface area contributed by atoms with Gasteiger partial charge in [0.1, 0.15) is 5.75 Å². The Balaban J connectivity index is 1.93. The Morgan fingerprint density at radius 2 is 1.90 bits per heavy atom. The van der Waals surface area contributed by atoms with Gasteiger partial charge in [-0.3, -0.25) is 4.72 Å². The van der Waals surface area contributed by atoms with Gasteiger partial charge in [-0.15, -0.1) is 0 Å². The first kappa shape index (κ1) is 13.9. The zero-order chi connectivity index (χ0) is 15.0. The van der Waals surface area contributed by atoms with Crippen LogP contribution in [0.4, 0.5) is 5.69 Å². The zero-order valence-electron chi connectivity index (χ0n) is 12.0. The molecule has 0 unspecified atom stereocenters. The van der Waals surface area contributed by atoms with Crippen molar-refractivity contribution in [2.75, 3.05) is 11.3 Å². The van der Waals surface area contributed by atoms with Crippen LogP contribution < -0.4 is 9.46 Å². The third-order valence-electron chi connectivity index (χ3n) is 3.60. The lowest BCUT2D eigenvalue weighted by Crippen LogP contribution is -2.14. The van der Waals surface area contributed by atoms with Gasteiger partial charge in [0, 0.05) is 6.42 Å². The summed E-state index contributed by atoms with van der Waals surface area (Å²) in [6.45, 7) is 4.48. The topological polar surface area (TPSA) is 55.4 Å². The first-order valence-electron chi connectivity index (χ1n) is 6.81. The van der Waals surface area contributed by atoms with Crippen molar-refractivity contribution in [3.8, 4) is 5.75 Å². The average Bonchev–Trinajstić information content (AvgIpc) is 2.89. The summed E-state index contributed by atoms with van der Waals surface area (Å²) in [5.41, 5.74) is 3.56. The van der Waals surface area contributed by atoms with Gasteiger partial charge in [0.2, 0.25) is 0 Å². The number of fused-ring (bicyclic) bond motifs is 1. The maximum Gasteiger partial charge on any atom is 0.261 e. The van der Waals surface area contributed by atoms with Gasteiger partial charge in [-0.1, -0.05) is 17.7 Å². The van der Waals surface area contributed by atoms with Gasteiger partial charge in [0.25, 0.3) is 10.0 Å². The van der Waals surface area contributed by atoms with Crippen LogP contribution >= 0.6 is 0 Å². The van der Waals surface area contributed by atoms with Gasteiger partial charge in [-0.25, -0.2) is 8.42 Å². The average molecular weight is 303 g/mol. The molecular formula is C16H17NO3S. The summed E-state index contributed by atoms with van der Waals surface area (Å²) < 4.78 is 33.0. The summed E-state index contributed by atoms with van der Waals surface area (Å²) in [7, 11) is -3.58. The Morgan fingerprint density at radius 1 is 1.10 bits per heavy atom. The van der Waals surface area contributed by atoms with Crippen molar-refractivity contribution in [2.24, 2.45) is 0 Å². The van der Waals surface area contributed by atoms with E-state index in [0.717, 1.165) is 28.9 Å². The van der Waals surface area contributed by atoms with Crippen molar-refractivity contribution in [1.82, 2.24) is 0 Å². The second-order valence-corrected chi connectivity index (χ2v) is 6.97. The Labute approximate surface area is 124 Å². The zero-order valence-corrected chi connectivity index (χ0v) is 12.8. The van der Waals surface area contributed by atoms with Gasteiger partial charge in [-0.2, -0.15) is 0 Å². The number of rotatable bonds is 3. The van der Waals surface area contributed by atoms with E-state index in [9.17, 15) is 8.42 Å². The molecule has 110 valence electrons. The third-order valence-corrected chi connectivity index (χ3v) is 4.96. The summed E-state index contributed by atoms with van der Waals surface area (Å²) in [4.78, 5) is 0.270. The lowest BCUT2D eigenvalue weighted by Gasteiger charge is -2.12. The number of ether oxygens (including phenoxy) is 1. The number of nitrogens with one attached hydrogen (secondary N) is 1. The number of aryl methyl sites for hydroxylation is 2. The van der Waals surface area contributed by atoms with Gasteiger partial charge in [0.15, 0.2) is 0 Å². The molecule has 0 aromatic heterocycles. The van der Waals surface area contributed by atoms with E-state index in [4.69, 9.17) is 4.74 Å². The Bertz CT molecular complexity index is 797. The number of sulfonamides is 1. The van der Waals surface area contributed by atoms with Crippen LogP contribution in [-0.2, 0) is 16.4 Å². The van der Waals surface area contributed by atoms with E-state index in [2.05, 4.69) is 4.72 Å². The Kier molecular flexibility index (Phi) is 3.37. The largest absolute Gasteiger partial charge is 0.493 e. The fourth-order valence-electron chi connectivity index (χ4n) is 2.46. The molecule has 0 saturated carbocycles. The van der Waals surface area contributed by atoms with Crippen molar-refractivity contribution < 1.29 is 13.2 Å². The highest BCUT2D eigenvalue weighted by Crippen LogP contribution is 2.28. The summed E-state index contributed by atoms with van der Waals surface area (Å²) >= 11 is 0. The van der Waals surface area contributed by atoms with E-state index in [1.165, 1.54) is 0 Å². The molecule has 2 aromatic carbocycles. The molecule has 1 aliphatic heterocycles. The van der Waals surface area contributed by atoms with E-state index in [1.807, 2.05) is 26.0 Å². The van der Waals surface area contributed by atoms with Crippen molar-refractivity contribution in [2.45, 2.75) is 25.2 Å². The van der Waals surface area contributed by atoms with Crippen LogP contribution in [0.5, 0.6) is 5.75 Å². The number of hydrogen-bond donors (Lipinski definition) is 1. The van der Waals surface area contributed by atoms with Gasteiger partial charge in [-0.05, 0) is 49.2 Å². The molecular weight excluding hydrogens is 286 g/mol. The third kappa shape index (κ3) is 2.74. The maximum absolute atomic E-state index is 12.5. The summed E-state index contributed by atoms with van der Waals surface area (Å²) in [5, 5.41) is 0. The van der Waals surface area contributed by atoms with Crippen molar-refractivity contribution >= 4 is 15.7 Å². The van der Waals surface area contributed by atoms with Crippen LogP contribution in [0.25, 0.3) is 0 Å². The standard InChI is InChI=1S/C16H17NO3S/c1-11-3-5-15(12(2)9-11)17-21(18,19)14-4-6-16-13(10-14)7-8-20-16/h3-6,9-10,17H,7-8H2,1-2H3. The highest BCUT2D eigenvalue weighted by Gasteiger charge is 2.19. The number of anilines is 1. The lowest BCUT2D eigenvalue weighted by atomic mass is 10.1. The fraction of sp³-hybridized carbons (Fsp3) is 0.250. The SMILES string of the molecule is Cc1ccc(NS(=O)(=O)c2ccc3c(c2)CCO3)c(C)c1. The van der Waals surface area contributed by atoms with E-state index < -0.39 is 10.0 Å². The molecule has 5 heteroatoms. The van der Waals surface area contributed by atoms with Gasteiger partial charge >= 0.3 is 0 Å². The van der Waals surface area contributed by atoms with Gasteiger partial charge < -0.3 is 4.74 Å². The molecule has 1 heterocycles. The van der Waals surface area contributed by atoms with E-state index >= 15 is 0 Å². The minimum Gasteiger partial charge on any atom is -0.493 e. The molecule has 0 saturated heterocycles. The van der Waals surface area contributed by atoms with Crippen molar-refractivity contribution in [1.29, 1.82) is 0 Å². The quantitative estimate of drug-likeness (QED) is 0.948. The maximum atomic E-state index is 12.5. The first-order valence-corrected chi connectivity index (χ1v) is 8.30. The monoisotopic (exact) mass is 303 g/mol. The summed E-state index contributed by atoms with van der Waals surface area (Å²) in [6, 6.07) is 10.6. The molecule has 0 amide bonds. The van der Waals surface area contributed by atoms with Gasteiger partial charge in [0.05, 0.1) is 17.2 Å². The molecule has 4 nitrogen and oxygen atoms in total. The number of hydrogen-bond acceptors (Lipinski definition) is 3. The van der Waals surface area contributed by atoms with Crippen LogP contribution in [0, 0.1) is 13.8 Å². The second kappa shape index (κ2) is 5.07. The molecule has 0 fully saturated rings. The first-order chi connectivity index (χ1) is 9.95. The Hall–Kier alpha value is -2.01. The summed E-state index contributed by atoms with van der Waals surface area (Å²) in [6.07, 6.45) is 0.752. The van der Waals surface area contributed by atoms with Crippen molar-refractivity contribution in [3.05, 3.63) is 53.1 Å². The predicted molar refractivity (Wildman–Crippen MR) is 82.4 cm³/mol. The predicted octanol–water partition coefficient (Wildman–Crippen LogP) is 3.04. The number of benzene rings is 2. The molecule has 0 spiro atoms. The molecule has 0 bridgehead atoms. The van der Waals surface area contributed by atoms with Crippen LogP contribution in [0.15, 0.2) is 41.3 Å². The van der Waals surface area contributed by atoms with Crippen LogP contribution in [0.3, 0.4) is 0 Å².